The SMILES string of the molecule is O=C1CCCc2cccc(Cl)c2C1. The van der Waals surface area contributed by atoms with Gasteiger partial charge in [-0.05, 0) is 30.0 Å². The fourth-order valence-electron chi connectivity index (χ4n) is 1.80. The summed E-state index contributed by atoms with van der Waals surface area (Å²) in [6, 6.07) is 5.88. The van der Waals surface area contributed by atoms with Crippen LogP contribution < -0.4 is 0 Å². The van der Waals surface area contributed by atoms with E-state index in [0.29, 0.717) is 18.6 Å². The molecule has 0 atom stereocenters. The Morgan fingerprint density at radius 3 is 2.92 bits per heavy atom. The highest BCUT2D eigenvalue weighted by molar-refractivity contribution is 6.31. The van der Waals surface area contributed by atoms with Gasteiger partial charge in [0.05, 0.1) is 0 Å². The molecule has 0 fully saturated rings. The molecule has 0 unspecified atom stereocenters. The molecule has 0 N–H and O–H groups in total. The van der Waals surface area contributed by atoms with Crippen molar-refractivity contribution in [3.05, 3.63) is 34.3 Å². The molecule has 1 aliphatic carbocycles. The molecule has 0 saturated heterocycles. The summed E-state index contributed by atoms with van der Waals surface area (Å²) in [5.74, 6) is 0.312. The van der Waals surface area contributed by atoms with Gasteiger partial charge in [-0.25, -0.2) is 0 Å². The third-order valence-corrected chi connectivity index (χ3v) is 2.85. The first-order valence-corrected chi connectivity index (χ1v) is 4.93. The van der Waals surface area contributed by atoms with Crippen LogP contribution in [-0.4, -0.2) is 5.78 Å². The van der Waals surface area contributed by atoms with Crippen LogP contribution in [-0.2, 0) is 17.6 Å². The van der Waals surface area contributed by atoms with Crippen molar-refractivity contribution in [2.24, 2.45) is 0 Å². The average molecular weight is 195 g/mol. The van der Waals surface area contributed by atoms with Crippen molar-refractivity contribution in [3.8, 4) is 0 Å². The Balaban J connectivity index is 2.46. The lowest BCUT2D eigenvalue weighted by molar-refractivity contribution is -0.118. The fraction of sp³-hybridized carbons (Fsp3) is 0.364. The lowest BCUT2D eigenvalue weighted by atomic mass is 10.0. The van der Waals surface area contributed by atoms with Gasteiger partial charge in [0.25, 0.3) is 0 Å². The number of halogens is 1. The van der Waals surface area contributed by atoms with Crippen molar-refractivity contribution in [2.75, 3.05) is 0 Å². The smallest absolute Gasteiger partial charge is 0.137 e. The number of hydrogen-bond acceptors (Lipinski definition) is 1. The topological polar surface area (TPSA) is 17.1 Å². The summed E-state index contributed by atoms with van der Waals surface area (Å²) in [7, 11) is 0. The summed E-state index contributed by atoms with van der Waals surface area (Å²) in [5, 5.41) is 0.743. The minimum absolute atomic E-state index is 0.312. The number of fused-ring (bicyclic) bond motifs is 1. The van der Waals surface area contributed by atoms with Crippen LogP contribution in [0.1, 0.15) is 24.0 Å². The predicted octanol–water partition coefficient (Wildman–Crippen LogP) is 2.79. The highest BCUT2D eigenvalue weighted by Gasteiger charge is 2.15. The number of benzene rings is 1. The van der Waals surface area contributed by atoms with Gasteiger partial charge >= 0.3 is 0 Å². The first-order valence-electron chi connectivity index (χ1n) is 4.55. The van der Waals surface area contributed by atoms with E-state index in [-0.39, 0.29) is 0 Å². The van der Waals surface area contributed by atoms with E-state index < -0.39 is 0 Å². The first-order chi connectivity index (χ1) is 6.27. The quantitative estimate of drug-likeness (QED) is 0.581. The van der Waals surface area contributed by atoms with E-state index in [2.05, 4.69) is 6.07 Å². The van der Waals surface area contributed by atoms with Crippen molar-refractivity contribution >= 4 is 17.4 Å². The molecule has 68 valence electrons. The molecule has 0 heterocycles. The maximum Gasteiger partial charge on any atom is 0.137 e. The Kier molecular flexibility index (Phi) is 2.36. The second-order valence-corrected chi connectivity index (χ2v) is 3.85. The Bertz CT molecular complexity index is 344. The monoisotopic (exact) mass is 194 g/mol. The van der Waals surface area contributed by atoms with Gasteiger partial charge in [-0.1, -0.05) is 23.7 Å². The molecule has 2 rings (SSSR count). The van der Waals surface area contributed by atoms with Crippen molar-refractivity contribution < 1.29 is 4.79 Å². The van der Waals surface area contributed by atoms with E-state index in [4.69, 9.17) is 11.6 Å². The average Bonchev–Trinajstić information content (AvgIpc) is 2.28. The molecule has 1 nitrogen and oxygen atoms in total. The van der Waals surface area contributed by atoms with Gasteiger partial charge in [0.1, 0.15) is 5.78 Å². The largest absolute Gasteiger partial charge is 0.299 e. The van der Waals surface area contributed by atoms with Crippen LogP contribution in [0.3, 0.4) is 0 Å². The number of rotatable bonds is 0. The summed E-state index contributed by atoms with van der Waals surface area (Å²) in [6.45, 7) is 0. The number of Topliss-reactive ketones (excluding diaryl/α,β-unsaturated/α-hetero) is 1. The highest BCUT2D eigenvalue weighted by Crippen LogP contribution is 2.25. The number of carbonyl (C=O) groups is 1. The molecule has 2 heteroatoms. The Morgan fingerprint density at radius 1 is 1.23 bits per heavy atom. The Morgan fingerprint density at radius 2 is 2.08 bits per heavy atom. The molecule has 0 radical (unpaired) electrons. The molecule has 1 aliphatic rings. The fourth-order valence-corrected chi connectivity index (χ4v) is 2.06. The van der Waals surface area contributed by atoms with E-state index in [1.165, 1.54) is 5.56 Å². The lowest BCUT2D eigenvalue weighted by Crippen LogP contribution is -2.00. The van der Waals surface area contributed by atoms with Gasteiger partial charge in [0.2, 0.25) is 0 Å². The van der Waals surface area contributed by atoms with Crippen molar-refractivity contribution in [1.29, 1.82) is 0 Å². The van der Waals surface area contributed by atoms with E-state index in [1.807, 2.05) is 12.1 Å². The molecular formula is C11H11ClO. The van der Waals surface area contributed by atoms with Crippen LogP contribution in [0, 0.1) is 0 Å². The minimum atomic E-state index is 0.312. The number of carbonyl (C=O) groups excluding carboxylic acids is 1. The Labute approximate surface area is 82.7 Å². The van der Waals surface area contributed by atoms with Crippen LogP contribution in [0.15, 0.2) is 18.2 Å². The molecule has 1 aromatic rings. The second-order valence-electron chi connectivity index (χ2n) is 3.45. The predicted molar refractivity (Wildman–Crippen MR) is 53.1 cm³/mol. The second kappa shape index (κ2) is 3.51. The molecule has 13 heavy (non-hydrogen) atoms. The summed E-state index contributed by atoms with van der Waals surface area (Å²) < 4.78 is 0. The molecule has 1 aromatic carbocycles. The zero-order chi connectivity index (χ0) is 9.26. The highest BCUT2D eigenvalue weighted by atomic mass is 35.5. The Hall–Kier alpha value is -0.820. The molecule has 0 spiro atoms. The molecule has 0 aliphatic heterocycles. The molecule has 0 amide bonds. The zero-order valence-electron chi connectivity index (χ0n) is 7.35. The van der Waals surface area contributed by atoms with Gasteiger partial charge in [-0.15, -0.1) is 0 Å². The maximum absolute atomic E-state index is 11.3. The third kappa shape index (κ3) is 1.75. The number of aryl methyl sites for hydroxylation is 1. The lowest BCUT2D eigenvalue weighted by Gasteiger charge is -2.05. The first kappa shape index (κ1) is 8.76. The van der Waals surface area contributed by atoms with Crippen LogP contribution in [0.4, 0.5) is 0 Å². The number of ketones is 1. The van der Waals surface area contributed by atoms with Gasteiger partial charge in [0, 0.05) is 17.9 Å². The third-order valence-electron chi connectivity index (χ3n) is 2.49. The molecule has 0 aromatic heterocycles. The number of hydrogen-bond donors (Lipinski definition) is 0. The molecule has 0 saturated carbocycles. The van der Waals surface area contributed by atoms with Gasteiger partial charge in [-0.2, -0.15) is 0 Å². The van der Waals surface area contributed by atoms with Crippen LogP contribution in [0.25, 0.3) is 0 Å². The molecule has 0 bridgehead atoms. The summed E-state index contributed by atoms with van der Waals surface area (Å²) in [6.07, 6.45) is 3.17. The zero-order valence-corrected chi connectivity index (χ0v) is 8.10. The standard InChI is InChI=1S/C11H11ClO/c12-11-6-2-4-8-3-1-5-9(13)7-10(8)11/h2,4,6H,1,3,5,7H2. The van der Waals surface area contributed by atoms with Crippen LogP contribution in [0.2, 0.25) is 5.02 Å². The van der Waals surface area contributed by atoms with E-state index >= 15 is 0 Å². The summed E-state index contributed by atoms with van der Waals surface area (Å²) >= 11 is 6.03. The van der Waals surface area contributed by atoms with Crippen LogP contribution >= 0.6 is 11.6 Å². The normalized spacial score (nSPS) is 16.5. The van der Waals surface area contributed by atoms with Crippen molar-refractivity contribution in [3.63, 3.8) is 0 Å². The minimum Gasteiger partial charge on any atom is -0.299 e. The van der Waals surface area contributed by atoms with E-state index in [9.17, 15) is 4.79 Å². The summed E-state index contributed by atoms with van der Waals surface area (Å²) in [4.78, 5) is 11.3. The van der Waals surface area contributed by atoms with Crippen molar-refractivity contribution in [1.82, 2.24) is 0 Å². The van der Waals surface area contributed by atoms with Gasteiger partial charge in [-0.3, -0.25) is 4.79 Å². The van der Waals surface area contributed by atoms with E-state index in [1.54, 1.807) is 0 Å². The van der Waals surface area contributed by atoms with Gasteiger partial charge < -0.3 is 0 Å². The summed E-state index contributed by atoms with van der Waals surface area (Å²) in [5.41, 5.74) is 2.30. The maximum atomic E-state index is 11.3. The van der Waals surface area contributed by atoms with Crippen molar-refractivity contribution in [2.45, 2.75) is 25.7 Å². The van der Waals surface area contributed by atoms with Crippen LogP contribution in [0.5, 0.6) is 0 Å². The van der Waals surface area contributed by atoms with E-state index in [0.717, 1.165) is 23.4 Å². The molecular weight excluding hydrogens is 184 g/mol. The van der Waals surface area contributed by atoms with Gasteiger partial charge in [0.15, 0.2) is 0 Å².